The van der Waals surface area contributed by atoms with Crippen molar-refractivity contribution in [2.24, 2.45) is 0 Å². The third-order valence-electron chi connectivity index (χ3n) is 6.31. The third kappa shape index (κ3) is 5.96. The maximum Gasteiger partial charge on any atom is 0.326 e. The van der Waals surface area contributed by atoms with Gasteiger partial charge in [-0.1, -0.05) is 25.9 Å². The molecule has 212 valence electrons. The largest absolute Gasteiger partial charge is 0.394 e. The number of aryl methyl sites for hydroxylation is 1. The number of anilines is 3. The Bertz CT molecular complexity index is 1620. The van der Waals surface area contributed by atoms with Crippen LogP contribution in [0.15, 0.2) is 39.8 Å². The van der Waals surface area contributed by atoms with Crippen LogP contribution in [0.25, 0.3) is 22.2 Å². The molecule has 40 heavy (non-hydrogen) atoms. The summed E-state index contributed by atoms with van der Waals surface area (Å²) in [6.45, 7) is 13.0. The van der Waals surface area contributed by atoms with Gasteiger partial charge < -0.3 is 20.3 Å². The zero-order valence-electron chi connectivity index (χ0n) is 23.6. The second-order valence-corrected chi connectivity index (χ2v) is 11.1. The van der Waals surface area contributed by atoms with E-state index in [2.05, 4.69) is 31.1 Å². The molecule has 0 aliphatic carbocycles. The number of aliphatic hydroxyl groups is 1. The van der Waals surface area contributed by atoms with E-state index in [1.54, 1.807) is 36.7 Å². The molecule has 0 saturated carbocycles. The van der Waals surface area contributed by atoms with Gasteiger partial charge in [-0.15, -0.1) is 0 Å². The zero-order chi connectivity index (χ0) is 29.4. The van der Waals surface area contributed by atoms with Crippen molar-refractivity contribution in [3.05, 3.63) is 57.9 Å². The number of carbonyl (C=O) groups excluding carboxylic acids is 1. The van der Waals surface area contributed by atoms with Crippen LogP contribution in [-0.2, 0) is 5.41 Å². The van der Waals surface area contributed by atoms with E-state index >= 15 is 0 Å². The Morgan fingerprint density at radius 3 is 2.48 bits per heavy atom. The van der Waals surface area contributed by atoms with Gasteiger partial charge in [-0.3, -0.25) is 14.7 Å². The fourth-order valence-corrected chi connectivity index (χ4v) is 4.14. The van der Waals surface area contributed by atoms with E-state index < -0.39 is 11.8 Å². The monoisotopic (exact) mass is 551 g/mol. The third-order valence-corrected chi connectivity index (χ3v) is 6.31. The minimum absolute atomic E-state index is 0.105. The molecular weight excluding hydrogens is 517 g/mol. The van der Waals surface area contributed by atoms with Crippen LogP contribution in [0.3, 0.4) is 0 Å². The van der Waals surface area contributed by atoms with Crippen LogP contribution in [0.1, 0.15) is 58.8 Å². The van der Waals surface area contributed by atoms with Crippen molar-refractivity contribution in [2.75, 3.05) is 22.6 Å². The molecule has 3 aromatic heterocycles. The van der Waals surface area contributed by atoms with Gasteiger partial charge in [-0.05, 0) is 57.0 Å². The molecule has 1 atom stereocenters. The minimum atomic E-state index is -0.728. The molecule has 0 spiro atoms. The summed E-state index contributed by atoms with van der Waals surface area (Å²) in [6.07, 6.45) is 1.59. The Balaban J connectivity index is 1.72. The first kappa shape index (κ1) is 28.7. The first-order chi connectivity index (χ1) is 18.8. The number of nitrogens with zero attached hydrogens (tertiary/aromatic N) is 4. The number of amides is 2. The van der Waals surface area contributed by atoms with E-state index in [0.717, 1.165) is 0 Å². The average Bonchev–Trinajstić information content (AvgIpc) is 3.34. The lowest BCUT2D eigenvalue weighted by Gasteiger charge is -2.18. The molecule has 0 aliphatic rings. The van der Waals surface area contributed by atoms with Gasteiger partial charge in [0.1, 0.15) is 11.5 Å². The maximum atomic E-state index is 14.9. The highest BCUT2D eigenvalue weighted by Gasteiger charge is 2.21. The van der Waals surface area contributed by atoms with Crippen LogP contribution in [0.4, 0.5) is 26.7 Å². The van der Waals surface area contributed by atoms with Gasteiger partial charge in [0.25, 0.3) is 5.56 Å². The molecule has 0 radical (unpaired) electrons. The normalized spacial score (nSPS) is 12.6. The number of fused-ring (bicyclic) bond motifs is 1. The van der Waals surface area contributed by atoms with Crippen molar-refractivity contribution in [2.45, 2.75) is 66.0 Å². The molecule has 0 fully saturated rings. The van der Waals surface area contributed by atoms with E-state index in [9.17, 15) is 19.1 Å². The molecule has 4 N–H and O–H groups in total. The lowest BCUT2D eigenvalue weighted by atomic mass is 9.92. The highest BCUT2D eigenvalue weighted by Crippen LogP contribution is 2.30. The average molecular weight is 552 g/mol. The summed E-state index contributed by atoms with van der Waals surface area (Å²) >= 11 is 0. The first-order valence-corrected chi connectivity index (χ1v) is 12.9. The second-order valence-electron chi connectivity index (χ2n) is 11.1. The van der Waals surface area contributed by atoms with Gasteiger partial charge >= 0.3 is 6.03 Å². The van der Waals surface area contributed by atoms with E-state index in [0.29, 0.717) is 33.4 Å². The van der Waals surface area contributed by atoms with Gasteiger partial charge in [0.2, 0.25) is 11.8 Å². The number of pyridine rings is 1. The van der Waals surface area contributed by atoms with E-state index in [-0.39, 0.29) is 47.2 Å². The molecule has 4 aromatic rings. The Morgan fingerprint density at radius 1 is 1.12 bits per heavy atom. The Hall–Kier alpha value is -4.32. The Kier molecular flexibility index (Phi) is 7.92. The van der Waals surface area contributed by atoms with Crippen LogP contribution >= 0.6 is 0 Å². The van der Waals surface area contributed by atoms with Crippen molar-refractivity contribution < 1.29 is 18.8 Å². The second kappa shape index (κ2) is 11.0. The van der Waals surface area contributed by atoms with Crippen LogP contribution in [-0.4, -0.2) is 43.5 Å². The summed E-state index contributed by atoms with van der Waals surface area (Å²) in [5.41, 5.74) is 1.62. The number of benzene rings is 1. The fraction of sp³-hybridized carbons (Fsp3) is 0.393. The van der Waals surface area contributed by atoms with Crippen molar-refractivity contribution in [3.8, 4) is 11.1 Å². The smallest absolute Gasteiger partial charge is 0.326 e. The number of rotatable bonds is 7. The number of nitrogens with one attached hydrogen (secondary N) is 3. The molecule has 11 nitrogen and oxygen atoms in total. The lowest BCUT2D eigenvalue weighted by molar-refractivity contribution is 0.261. The van der Waals surface area contributed by atoms with Gasteiger partial charge in [0.15, 0.2) is 0 Å². The Labute approximate surface area is 230 Å². The molecular formula is C28H34FN7O4. The first-order valence-electron chi connectivity index (χ1n) is 12.9. The van der Waals surface area contributed by atoms with Crippen LogP contribution < -0.4 is 21.5 Å². The number of urea groups is 1. The molecule has 2 amide bonds. The highest BCUT2D eigenvalue weighted by atomic mass is 19.1. The number of aromatic nitrogens is 4. The number of carbonyl (C=O) groups is 1. The molecule has 0 saturated heterocycles. The van der Waals surface area contributed by atoms with E-state index in [1.165, 1.54) is 12.1 Å². The number of hydrogen-bond acceptors (Lipinski definition) is 8. The number of halogens is 1. The molecule has 0 bridgehead atoms. The summed E-state index contributed by atoms with van der Waals surface area (Å²) in [7, 11) is 0. The van der Waals surface area contributed by atoms with Gasteiger partial charge in [0.05, 0.1) is 18.0 Å². The quantitative estimate of drug-likeness (QED) is 0.245. The van der Waals surface area contributed by atoms with E-state index in [1.807, 2.05) is 34.6 Å². The number of aliphatic hydroxyl groups excluding tert-OH is 1. The van der Waals surface area contributed by atoms with Crippen LogP contribution in [0.5, 0.6) is 0 Å². The molecule has 1 aromatic carbocycles. The standard InChI is InChI=1S/C28H34FN7O4/c1-14(2)36-24-17(12-30-26(34-24)31-16(4)13-37)9-19(25(36)38)18-10-21(20(29)8-15(18)3)32-27(39)33-23-11-22(35-40-23)28(5,6)7/h8-12,14,16,37H,13H2,1-7H3,(H,30,31,34)(H2,32,33,39). The number of hydrogen-bond donors (Lipinski definition) is 4. The summed E-state index contributed by atoms with van der Waals surface area (Å²) in [5, 5.41) is 21.9. The summed E-state index contributed by atoms with van der Waals surface area (Å²) < 4.78 is 21.7. The van der Waals surface area contributed by atoms with Crippen LogP contribution in [0, 0.1) is 12.7 Å². The molecule has 12 heteroatoms. The van der Waals surface area contributed by atoms with Crippen molar-refractivity contribution >= 4 is 34.6 Å². The predicted octanol–water partition coefficient (Wildman–Crippen LogP) is 5.21. The fourth-order valence-electron chi connectivity index (χ4n) is 4.14. The summed E-state index contributed by atoms with van der Waals surface area (Å²) in [5.74, 6) is -0.259. The molecule has 1 unspecified atom stereocenters. The molecule has 3 heterocycles. The topological polar surface area (TPSA) is 147 Å². The summed E-state index contributed by atoms with van der Waals surface area (Å²) in [6, 6.07) is 4.70. The van der Waals surface area contributed by atoms with E-state index in [4.69, 9.17) is 4.52 Å². The van der Waals surface area contributed by atoms with Gasteiger partial charge in [-0.2, -0.15) is 4.98 Å². The van der Waals surface area contributed by atoms with Gasteiger partial charge in [0, 0.05) is 40.7 Å². The van der Waals surface area contributed by atoms with Crippen molar-refractivity contribution in [3.63, 3.8) is 0 Å². The van der Waals surface area contributed by atoms with Gasteiger partial charge in [-0.25, -0.2) is 14.2 Å². The highest BCUT2D eigenvalue weighted by molar-refractivity contribution is 5.99. The zero-order valence-corrected chi connectivity index (χ0v) is 23.6. The predicted molar refractivity (Wildman–Crippen MR) is 152 cm³/mol. The minimum Gasteiger partial charge on any atom is -0.394 e. The molecule has 4 rings (SSSR count). The SMILES string of the molecule is Cc1cc(F)c(NC(=O)Nc2cc(C(C)(C)C)no2)cc1-c1cc2cnc(NC(C)CO)nc2n(C(C)C)c1=O. The van der Waals surface area contributed by atoms with Crippen LogP contribution in [0.2, 0.25) is 0 Å². The Morgan fingerprint density at radius 2 is 1.85 bits per heavy atom. The lowest BCUT2D eigenvalue weighted by Crippen LogP contribution is -2.26. The maximum absolute atomic E-state index is 14.9. The molecule has 0 aliphatic heterocycles. The van der Waals surface area contributed by atoms with Crippen molar-refractivity contribution in [1.82, 2.24) is 19.7 Å². The van der Waals surface area contributed by atoms with Crippen molar-refractivity contribution in [1.29, 1.82) is 0 Å². The summed E-state index contributed by atoms with van der Waals surface area (Å²) in [4.78, 5) is 35.2.